The summed E-state index contributed by atoms with van der Waals surface area (Å²) in [6, 6.07) is 0. The summed E-state index contributed by atoms with van der Waals surface area (Å²) in [6.07, 6.45) is -8.75. The molecule has 0 fully saturated rings. The Bertz CT molecular complexity index is 763. The second-order valence-corrected chi connectivity index (χ2v) is 7.78. The first-order valence-electron chi connectivity index (χ1n) is 7.45. The number of carbonyl (C=O) groups excluding carboxylic acids is 1. The Balaban J connectivity index is 6.29. The Labute approximate surface area is 165 Å². The third-order valence-corrected chi connectivity index (χ3v) is 5.48. The third kappa shape index (κ3) is 4.51. The Morgan fingerprint density at radius 2 is 1.16 bits per heavy atom. The molecule has 0 aromatic rings. The van der Waals surface area contributed by atoms with Crippen LogP contribution in [-0.2, 0) is 19.6 Å². The van der Waals surface area contributed by atoms with E-state index in [-0.39, 0.29) is 13.7 Å². The number of nitrogens with zero attached hydrogens (tertiary/aromatic N) is 1. The molecule has 0 atom stereocenters. The summed E-state index contributed by atoms with van der Waals surface area (Å²) in [4.78, 5) is 11.0. The number of ether oxygens (including phenoxy) is 1. The lowest BCUT2D eigenvalue weighted by atomic mass is 9.98. The molecule has 0 aliphatic rings. The fourth-order valence-electron chi connectivity index (χ4n) is 1.71. The lowest BCUT2D eigenvalue weighted by Crippen LogP contribution is -2.71. The van der Waals surface area contributed by atoms with Gasteiger partial charge in [0.05, 0.1) is 13.0 Å². The van der Waals surface area contributed by atoms with Crippen LogP contribution in [0.5, 0.6) is 0 Å². The minimum atomic E-state index is -8.24. The van der Waals surface area contributed by atoms with Gasteiger partial charge in [0, 0.05) is 13.6 Å². The molecule has 0 unspecified atom stereocenters. The Hall–Kier alpha value is -1.53. The van der Waals surface area contributed by atoms with Crippen LogP contribution in [0.25, 0.3) is 0 Å². The van der Waals surface area contributed by atoms with Gasteiger partial charge in [-0.1, -0.05) is 0 Å². The number of alkyl halides is 13. The third-order valence-electron chi connectivity index (χ3n) is 3.58. The van der Waals surface area contributed by atoms with E-state index in [0.29, 0.717) is 0 Å². The lowest BCUT2D eigenvalue weighted by molar-refractivity contribution is -0.433. The highest BCUT2D eigenvalue weighted by Crippen LogP contribution is 2.61. The van der Waals surface area contributed by atoms with Gasteiger partial charge in [0.1, 0.15) is 0 Å². The first kappa shape index (κ1) is 29.5. The monoisotopic (exact) mass is 513 g/mol. The zero-order valence-corrected chi connectivity index (χ0v) is 15.8. The number of sulfonamides is 1. The first-order valence-corrected chi connectivity index (χ1v) is 8.89. The second kappa shape index (κ2) is 8.43. The van der Waals surface area contributed by atoms with Crippen molar-refractivity contribution in [2.24, 2.45) is 0 Å². The quantitative estimate of drug-likeness (QED) is 0.329. The van der Waals surface area contributed by atoms with Crippen LogP contribution >= 0.6 is 0 Å². The molecule has 0 aliphatic heterocycles. The molecular weight excluding hydrogens is 501 g/mol. The van der Waals surface area contributed by atoms with Crippen LogP contribution in [0.3, 0.4) is 0 Å². The number of esters is 1. The summed E-state index contributed by atoms with van der Waals surface area (Å²) in [5.74, 6) is -33.7. The van der Waals surface area contributed by atoms with Crippen molar-refractivity contribution in [1.82, 2.24) is 4.31 Å². The van der Waals surface area contributed by atoms with Crippen molar-refractivity contribution in [3.8, 4) is 0 Å². The van der Waals surface area contributed by atoms with E-state index >= 15 is 0 Å². The highest BCUT2D eigenvalue weighted by atomic mass is 32.2. The number of rotatable bonds is 10. The van der Waals surface area contributed by atoms with Gasteiger partial charge in [0.25, 0.3) is 10.0 Å². The van der Waals surface area contributed by atoms with Gasteiger partial charge in [-0.3, -0.25) is 4.79 Å². The largest absolute Gasteiger partial charge is 0.466 e. The predicted molar refractivity (Wildman–Crippen MR) is 73.6 cm³/mol. The van der Waals surface area contributed by atoms with E-state index in [2.05, 4.69) is 4.74 Å². The van der Waals surface area contributed by atoms with E-state index in [9.17, 15) is 70.3 Å². The maximum Gasteiger partial charge on any atom is 0.460 e. The van der Waals surface area contributed by atoms with Gasteiger partial charge < -0.3 is 4.74 Å². The van der Waals surface area contributed by atoms with Gasteiger partial charge in [0.15, 0.2) is 0 Å². The van der Waals surface area contributed by atoms with Crippen LogP contribution in [0.15, 0.2) is 0 Å². The summed E-state index contributed by atoms with van der Waals surface area (Å²) in [5.41, 5.74) is 0. The van der Waals surface area contributed by atoms with E-state index in [0.717, 1.165) is 0 Å². The highest BCUT2D eigenvalue weighted by Gasteiger charge is 2.92. The normalized spacial score (nSPS) is 15.4. The topological polar surface area (TPSA) is 63.7 Å². The minimum absolute atomic E-state index is 0.0147. The number of hydrogen-bond donors (Lipinski definition) is 0. The molecule has 0 amide bonds. The summed E-state index contributed by atoms with van der Waals surface area (Å²) < 4.78 is 196. The van der Waals surface area contributed by atoms with E-state index in [4.69, 9.17) is 0 Å². The number of hydrogen-bond acceptors (Lipinski definition) is 4. The van der Waals surface area contributed by atoms with Gasteiger partial charge in [-0.15, -0.1) is 0 Å². The Kier molecular flexibility index (Phi) is 8.02. The molecule has 0 bridgehead atoms. The number of halogens is 13. The maximum atomic E-state index is 13.8. The summed E-state index contributed by atoms with van der Waals surface area (Å²) in [6.45, 7) is -0.558. The SMILES string of the molecule is CCOC(=O)CCN(C)S(=O)(=O)C(F)(F)C(F)(F)C(F)(F)C(F)(F)C(F)(F)C(F)(F)F. The van der Waals surface area contributed by atoms with Crippen LogP contribution in [0.4, 0.5) is 57.1 Å². The average Bonchev–Trinajstić information content (AvgIpc) is 2.57. The molecular formula is C12H12F13NO4S. The molecule has 0 aromatic heterocycles. The Morgan fingerprint density at radius 3 is 1.52 bits per heavy atom. The first-order chi connectivity index (χ1) is 13.4. The lowest BCUT2D eigenvalue weighted by Gasteiger charge is -2.39. The van der Waals surface area contributed by atoms with Crippen molar-refractivity contribution in [3.05, 3.63) is 0 Å². The standard InChI is InChI=1S/C12H12F13NO4S/c1-3-30-6(27)4-5-26(2)31(28,29)12(24,25)10(19,20)8(15,16)7(13,14)9(17,18)11(21,22)23/h3-5H2,1-2H3. The molecule has 0 aliphatic carbocycles. The smallest absolute Gasteiger partial charge is 0.460 e. The van der Waals surface area contributed by atoms with Gasteiger partial charge in [-0.05, 0) is 6.92 Å². The molecule has 0 saturated carbocycles. The van der Waals surface area contributed by atoms with Crippen molar-refractivity contribution in [3.63, 3.8) is 0 Å². The van der Waals surface area contributed by atoms with E-state index in [1.54, 1.807) is 0 Å². The van der Waals surface area contributed by atoms with Gasteiger partial charge >= 0.3 is 41.1 Å². The van der Waals surface area contributed by atoms with E-state index < -0.39 is 68.4 Å². The van der Waals surface area contributed by atoms with Gasteiger partial charge in [-0.2, -0.15) is 61.4 Å². The molecule has 0 saturated heterocycles. The van der Waals surface area contributed by atoms with Crippen LogP contribution in [0.1, 0.15) is 13.3 Å². The fraction of sp³-hybridized carbons (Fsp3) is 0.917. The fourth-order valence-corrected chi connectivity index (χ4v) is 2.89. The van der Waals surface area contributed by atoms with Crippen molar-refractivity contribution < 1.29 is 75.0 Å². The average molecular weight is 513 g/mol. The van der Waals surface area contributed by atoms with Crippen LogP contribution in [0, 0.1) is 0 Å². The summed E-state index contributed by atoms with van der Waals surface area (Å²) in [7, 11) is -7.14. The molecule has 186 valence electrons. The predicted octanol–water partition coefficient (Wildman–Crippen LogP) is 3.90. The van der Waals surface area contributed by atoms with E-state index in [1.807, 2.05) is 0 Å². The van der Waals surface area contributed by atoms with Crippen LogP contribution < -0.4 is 0 Å². The molecule has 0 N–H and O–H groups in total. The van der Waals surface area contributed by atoms with Crippen molar-refractivity contribution in [2.75, 3.05) is 20.2 Å². The highest BCUT2D eigenvalue weighted by molar-refractivity contribution is 7.90. The molecule has 31 heavy (non-hydrogen) atoms. The molecule has 5 nitrogen and oxygen atoms in total. The molecule has 19 heteroatoms. The minimum Gasteiger partial charge on any atom is -0.466 e. The maximum absolute atomic E-state index is 13.8. The van der Waals surface area contributed by atoms with Gasteiger partial charge in [-0.25, -0.2) is 8.42 Å². The van der Waals surface area contributed by atoms with E-state index in [1.165, 1.54) is 6.92 Å². The second-order valence-electron chi connectivity index (χ2n) is 5.69. The zero-order chi connectivity index (χ0) is 25.5. The molecule has 0 spiro atoms. The van der Waals surface area contributed by atoms with Crippen molar-refractivity contribution in [2.45, 2.75) is 48.5 Å². The van der Waals surface area contributed by atoms with Crippen LogP contribution in [0.2, 0.25) is 0 Å². The van der Waals surface area contributed by atoms with Crippen LogP contribution in [-0.4, -0.2) is 74.0 Å². The van der Waals surface area contributed by atoms with Crippen molar-refractivity contribution in [1.29, 1.82) is 0 Å². The molecule has 0 rings (SSSR count). The number of carbonyl (C=O) groups is 1. The van der Waals surface area contributed by atoms with Gasteiger partial charge in [0.2, 0.25) is 0 Å². The summed E-state index contributed by atoms with van der Waals surface area (Å²) >= 11 is 0. The Morgan fingerprint density at radius 1 is 0.774 bits per heavy atom. The molecule has 0 heterocycles. The van der Waals surface area contributed by atoms with Crippen molar-refractivity contribution >= 4 is 16.0 Å². The molecule has 0 radical (unpaired) electrons. The zero-order valence-electron chi connectivity index (χ0n) is 15.0. The molecule has 0 aromatic carbocycles. The summed E-state index contributed by atoms with van der Waals surface area (Å²) in [5, 5.41) is -7.34.